The quantitative estimate of drug-likeness (QED) is 0.785. The molecule has 0 aliphatic carbocycles. The summed E-state index contributed by atoms with van der Waals surface area (Å²) in [5, 5.41) is 3.86. The van der Waals surface area contributed by atoms with Crippen LogP contribution < -0.4 is 5.32 Å². The molecular weight excluding hydrogens is 330 g/mol. The topological polar surface area (TPSA) is 63.6 Å². The molecule has 0 bridgehead atoms. The summed E-state index contributed by atoms with van der Waals surface area (Å²) >= 11 is 0. The largest absolute Gasteiger partial charge is 0.448 e. The minimum atomic E-state index is -0.279. The number of aromatic nitrogens is 1. The summed E-state index contributed by atoms with van der Waals surface area (Å²) in [5.74, 6) is -0.141. The summed E-state index contributed by atoms with van der Waals surface area (Å²) in [6.45, 7) is 1.56. The molecule has 0 saturated carbocycles. The molecule has 1 fully saturated rings. The van der Waals surface area contributed by atoms with Crippen LogP contribution in [-0.2, 0) is 18.3 Å². The van der Waals surface area contributed by atoms with Crippen LogP contribution >= 0.6 is 0 Å². The van der Waals surface area contributed by atoms with Crippen LogP contribution in [0.15, 0.2) is 54.7 Å². The van der Waals surface area contributed by atoms with Gasteiger partial charge in [0.25, 0.3) is 5.91 Å². The molecule has 0 spiro atoms. The summed E-state index contributed by atoms with van der Waals surface area (Å²) in [5.41, 5.74) is 3.38. The van der Waals surface area contributed by atoms with Crippen LogP contribution in [0.1, 0.15) is 15.9 Å². The van der Waals surface area contributed by atoms with E-state index in [-0.39, 0.29) is 12.0 Å². The number of ether oxygens (including phenoxy) is 1. The van der Waals surface area contributed by atoms with Crippen molar-refractivity contribution in [2.75, 3.05) is 18.5 Å². The molecule has 2 aromatic carbocycles. The van der Waals surface area contributed by atoms with Gasteiger partial charge in [-0.1, -0.05) is 18.2 Å². The average molecular weight is 349 g/mol. The molecule has 6 nitrogen and oxygen atoms in total. The van der Waals surface area contributed by atoms with Crippen LogP contribution in [0.5, 0.6) is 0 Å². The van der Waals surface area contributed by atoms with Crippen LogP contribution in [0.3, 0.4) is 0 Å². The number of benzene rings is 2. The van der Waals surface area contributed by atoms with Crippen molar-refractivity contribution in [1.29, 1.82) is 0 Å². The minimum Gasteiger partial charge on any atom is -0.448 e. The third kappa shape index (κ3) is 3.01. The molecule has 6 heteroatoms. The molecule has 4 rings (SSSR count). The van der Waals surface area contributed by atoms with Crippen LogP contribution in [-0.4, -0.2) is 34.6 Å². The van der Waals surface area contributed by atoms with Gasteiger partial charge in [-0.15, -0.1) is 0 Å². The lowest BCUT2D eigenvalue weighted by Crippen LogP contribution is -2.23. The maximum absolute atomic E-state index is 12.7. The lowest BCUT2D eigenvalue weighted by Gasteiger charge is -2.13. The van der Waals surface area contributed by atoms with Gasteiger partial charge >= 0.3 is 6.09 Å². The number of nitrogens with one attached hydrogen (secondary N) is 1. The van der Waals surface area contributed by atoms with Crippen molar-refractivity contribution in [2.24, 2.45) is 7.05 Å². The van der Waals surface area contributed by atoms with Crippen molar-refractivity contribution in [3.8, 4) is 0 Å². The molecule has 1 aliphatic rings. The first-order chi connectivity index (χ1) is 12.6. The highest BCUT2D eigenvalue weighted by atomic mass is 16.6. The second kappa shape index (κ2) is 6.55. The number of aryl methyl sites for hydroxylation is 1. The van der Waals surface area contributed by atoms with Crippen molar-refractivity contribution < 1.29 is 14.3 Å². The number of hydrogen-bond acceptors (Lipinski definition) is 3. The van der Waals surface area contributed by atoms with Crippen LogP contribution in [0, 0.1) is 0 Å². The lowest BCUT2D eigenvalue weighted by molar-refractivity contribution is 0.102. The van der Waals surface area contributed by atoms with Gasteiger partial charge in [0.15, 0.2) is 0 Å². The fourth-order valence-corrected chi connectivity index (χ4v) is 3.18. The Labute approximate surface area is 151 Å². The van der Waals surface area contributed by atoms with Gasteiger partial charge in [0.05, 0.1) is 6.54 Å². The van der Waals surface area contributed by atoms with E-state index in [0.29, 0.717) is 25.3 Å². The molecule has 2 amide bonds. The molecule has 1 N–H and O–H groups in total. The number of nitrogens with zero attached hydrogens (tertiary/aromatic N) is 2. The highest BCUT2D eigenvalue weighted by Gasteiger charge is 2.21. The molecule has 0 unspecified atom stereocenters. The molecule has 0 radical (unpaired) electrons. The number of carbonyl (C=O) groups is 2. The van der Waals surface area contributed by atoms with E-state index in [2.05, 4.69) is 5.32 Å². The second-order valence-electron chi connectivity index (χ2n) is 6.35. The summed E-state index contributed by atoms with van der Waals surface area (Å²) in [4.78, 5) is 25.8. The second-order valence-corrected chi connectivity index (χ2v) is 6.35. The number of hydrogen-bond donors (Lipinski definition) is 1. The van der Waals surface area contributed by atoms with Crippen LogP contribution in [0.2, 0.25) is 0 Å². The summed E-state index contributed by atoms with van der Waals surface area (Å²) in [6.07, 6.45) is 1.66. The van der Waals surface area contributed by atoms with Gasteiger partial charge in [0, 0.05) is 41.9 Å². The van der Waals surface area contributed by atoms with Gasteiger partial charge in [0.2, 0.25) is 0 Å². The van der Waals surface area contributed by atoms with Crippen LogP contribution in [0.4, 0.5) is 10.5 Å². The molecular formula is C20H19N3O3. The van der Waals surface area contributed by atoms with E-state index in [1.807, 2.05) is 66.3 Å². The highest BCUT2D eigenvalue weighted by molar-refractivity contribution is 6.12. The molecule has 2 heterocycles. The first-order valence-corrected chi connectivity index (χ1v) is 8.48. The van der Waals surface area contributed by atoms with E-state index < -0.39 is 0 Å². The highest BCUT2D eigenvalue weighted by Crippen LogP contribution is 2.21. The standard InChI is InChI=1S/C20H19N3O3/c1-22-10-9-16-17(3-2-4-18(16)22)19(24)21-15-7-5-14(6-8-15)13-23-11-12-26-20(23)25/h2-10H,11-13H2,1H3,(H,21,24). The Hall–Kier alpha value is -3.28. The SMILES string of the molecule is Cn1ccc2c(C(=O)Nc3ccc(CN4CCOC4=O)cc3)cccc21. The predicted molar refractivity (Wildman–Crippen MR) is 99.1 cm³/mol. The van der Waals surface area contributed by atoms with Crippen molar-refractivity contribution in [2.45, 2.75) is 6.54 Å². The van der Waals surface area contributed by atoms with Gasteiger partial charge in [0.1, 0.15) is 6.61 Å². The maximum atomic E-state index is 12.7. The van der Waals surface area contributed by atoms with E-state index in [0.717, 1.165) is 22.2 Å². The molecule has 1 aromatic heterocycles. The van der Waals surface area contributed by atoms with Gasteiger partial charge in [-0.2, -0.15) is 0 Å². The Bertz CT molecular complexity index is 976. The molecule has 3 aromatic rings. The van der Waals surface area contributed by atoms with Gasteiger partial charge in [-0.05, 0) is 35.9 Å². The van der Waals surface area contributed by atoms with Crippen molar-refractivity contribution in [3.05, 3.63) is 65.9 Å². The zero-order valence-corrected chi connectivity index (χ0v) is 14.4. The zero-order valence-electron chi connectivity index (χ0n) is 14.4. The first-order valence-electron chi connectivity index (χ1n) is 8.48. The maximum Gasteiger partial charge on any atom is 0.410 e. The average Bonchev–Trinajstić information content (AvgIpc) is 3.23. The van der Waals surface area contributed by atoms with Crippen molar-refractivity contribution in [1.82, 2.24) is 9.47 Å². The van der Waals surface area contributed by atoms with E-state index >= 15 is 0 Å². The Morgan fingerprint density at radius 1 is 1.15 bits per heavy atom. The number of fused-ring (bicyclic) bond motifs is 1. The normalized spacial score (nSPS) is 13.9. The summed E-state index contributed by atoms with van der Waals surface area (Å²) in [7, 11) is 1.96. The third-order valence-corrected chi connectivity index (χ3v) is 4.60. The van der Waals surface area contributed by atoms with E-state index in [4.69, 9.17) is 4.74 Å². The number of anilines is 1. The smallest absolute Gasteiger partial charge is 0.410 e. The van der Waals surface area contributed by atoms with E-state index in [1.165, 1.54) is 0 Å². The lowest BCUT2D eigenvalue weighted by atomic mass is 10.1. The molecule has 26 heavy (non-hydrogen) atoms. The molecule has 1 saturated heterocycles. The fourth-order valence-electron chi connectivity index (χ4n) is 3.18. The molecule has 1 aliphatic heterocycles. The number of rotatable bonds is 4. The monoisotopic (exact) mass is 349 g/mol. The number of cyclic esters (lactones) is 1. The van der Waals surface area contributed by atoms with Gasteiger partial charge in [-0.25, -0.2) is 4.79 Å². The summed E-state index contributed by atoms with van der Waals surface area (Å²) in [6, 6.07) is 15.2. The third-order valence-electron chi connectivity index (χ3n) is 4.60. The van der Waals surface area contributed by atoms with E-state index in [9.17, 15) is 9.59 Å². The Balaban J connectivity index is 1.48. The molecule has 0 atom stereocenters. The summed E-state index contributed by atoms with van der Waals surface area (Å²) < 4.78 is 6.92. The number of carbonyl (C=O) groups excluding carboxylic acids is 2. The zero-order chi connectivity index (χ0) is 18.1. The first kappa shape index (κ1) is 16.2. The van der Waals surface area contributed by atoms with Crippen molar-refractivity contribution in [3.63, 3.8) is 0 Å². The Morgan fingerprint density at radius 2 is 1.96 bits per heavy atom. The molecule has 132 valence electrons. The minimum absolute atomic E-state index is 0.141. The van der Waals surface area contributed by atoms with Gasteiger partial charge < -0.3 is 19.5 Å². The van der Waals surface area contributed by atoms with Gasteiger partial charge in [-0.3, -0.25) is 4.79 Å². The van der Waals surface area contributed by atoms with Crippen LogP contribution in [0.25, 0.3) is 10.9 Å². The fraction of sp³-hybridized carbons (Fsp3) is 0.200. The van der Waals surface area contributed by atoms with E-state index in [1.54, 1.807) is 4.90 Å². The van der Waals surface area contributed by atoms with Crippen molar-refractivity contribution >= 4 is 28.6 Å². The predicted octanol–water partition coefficient (Wildman–Crippen LogP) is 3.38. The Kier molecular flexibility index (Phi) is 4.08. The Morgan fingerprint density at radius 3 is 2.69 bits per heavy atom. The number of amides is 2.